The number of carboxylic acid groups (broad SMARTS) is 1. The van der Waals surface area contributed by atoms with Gasteiger partial charge in [-0.3, -0.25) is 4.79 Å². The fraction of sp³-hybridized carbons (Fsp3) is 0.462. The lowest BCUT2D eigenvalue weighted by Gasteiger charge is -2.10. The van der Waals surface area contributed by atoms with Crippen molar-refractivity contribution in [3.05, 3.63) is 35.4 Å². The van der Waals surface area contributed by atoms with Gasteiger partial charge in [0.25, 0.3) is 0 Å². The molecule has 0 aromatic heterocycles. The molecule has 0 amide bonds. The van der Waals surface area contributed by atoms with E-state index >= 15 is 0 Å². The van der Waals surface area contributed by atoms with Crippen molar-refractivity contribution in [2.45, 2.75) is 25.1 Å². The van der Waals surface area contributed by atoms with Gasteiger partial charge in [-0.2, -0.15) is 13.2 Å². The highest BCUT2D eigenvalue weighted by molar-refractivity contribution is 5.85. The van der Waals surface area contributed by atoms with Gasteiger partial charge in [-0.1, -0.05) is 12.1 Å². The predicted octanol–water partition coefficient (Wildman–Crippen LogP) is 2.73. The van der Waals surface area contributed by atoms with Crippen LogP contribution in [-0.4, -0.2) is 23.7 Å². The number of hydrogen-bond donors (Lipinski definition) is 2. The van der Waals surface area contributed by atoms with Gasteiger partial charge >= 0.3 is 12.1 Å². The summed E-state index contributed by atoms with van der Waals surface area (Å²) in [6, 6.07) is 4.49. The van der Waals surface area contributed by atoms with Gasteiger partial charge in [0.15, 0.2) is 0 Å². The molecule has 112 valence electrons. The molecule has 1 aliphatic heterocycles. The van der Waals surface area contributed by atoms with E-state index in [0.29, 0.717) is 19.4 Å². The van der Waals surface area contributed by atoms with Crippen molar-refractivity contribution in [2.24, 2.45) is 5.92 Å². The number of nitrogens with one attached hydrogen (secondary N) is 1. The molecular weight excluding hydrogens is 295 g/mol. The minimum absolute atomic E-state index is 0. The van der Waals surface area contributed by atoms with E-state index in [1.54, 1.807) is 0 Å². The second kappa shape index (κ2) is 6.45. The number of carboxylic acids is 1. The minimum Gasteiger partial charge on any atom is -0.480 e. The molecule has 0 aliphatic carbocycles. The standard InChI is InChI=1S/C13H14F3NO2.ClH/c14-13(15,16)10-3-1-8(2-4-10)5-9-6-11(12(18)19)17-7-9;/h1-4,9,11,17H,5-7H2,(H,18,19);1H/t9-,11+;/m1./s1. The molecule has 1 fully saturated rings. The van der Waals surface area contributed by atoms with E-state index in [0.717, 1.165) is 17.7 Å². The first kappa shape index (κ1) is 16.8. The van der Waals surface area contributed by atoms with Crippen molar-refractivity contribution < 1.29 is 23.1 Å². The molecule has 3 nitrogen and oxygen atoms in total. The molecular formula is C13H15ClF3NO2. The lowest BCUT2D eigenvalue weighted by Crippen LogP contribution is -2.29. The van der Waals surface area contributed by atoms with Crippen molar-refractivity contribution in [3.8, 4) is 0 Å². The third-order valence-electron chi connectivity index (χ3n) is 3.33. The van der Waals surface area contributed by atoms with Crippen molar-refractivity contribution in [2.75, 3.05) is 6.54 Å². The Morgan fingerprint density at radius 3 is 2.35 bits per heavy atom. The zero-order valence-corrected chi connectivity index (χ0v) is 11.3. The Hall–Kier alpha value is -1.27. The molecule has 2 rings (SSSR count). The molecule has 2 N–H and O–H groups in total. The van der Waals surface area contributed by atoms with Crippen LogP contribution in [0.25, 0.3) is 0 Å². The van der Waals surface area contributed by atoms with Crippen molar-refractivity contribution in [1.29, 1.82) is 0 Å². The van der Waals surface area contributed by atoms with Gasteiger partial charge in [0.2, 0.25) is 0 Å². The summed E-state index contributed by atoms with van der Waals surface area (Å²) >= 11 is 0. The van der Waals surface area contributed by atoms with Crippen LogP contribution >= 0.6 is 12.4 Å². The summed E-state index contributed by atoms with van der Waals surface area (Å²) in [6.07, 6.45) is -3.22. The number of benzene rings is 1. The molecule has 1 heterocycles. The molecule has 0 saturated carbocycles. The van der Waals surface area contributed by atoms with Crippen LogP contribution in [0.1, 0.15) is 17.5 Å². The largest absolute Gasteiger partial charge is 0.480 e. The van der Waals surface area contributed by atoms with Crippen LogP contribution in [0.2, 0.25) is 0 Å². The number of carbonyl (C=O) groups is 1. The minimum atomic E-state index is -4.32. The Labute approximate surface area is 120 Å². The zero-order valence-electron chi connectivity index (χ0n) is 10.5. The summed E-state index contributed by atoms with van der Waals surface area (Å²) in [5.41, 5.74) is 0.134. The van der Waals surface area contributed by atoms with E-state index in [4.69, 9.17) is 5.11 Å². The van der Waals surface area contributed by atoms with Crippen LogP contribution in [0.4, 0.5) is 13.2 Å². The smallest absolute Gasteiger partial charge is 0.416 e. The molecule has 0 bridgehead atoms. The topological polar surface area (TPSA) is 49.3 Å². The summed E-state index contributed by atoms with van der Waals surface area (Å²) in [5.74, 6) is -0.729. The van der Waals surface area contributed by atoms with E-state index in [2.05, 4.69) is 5.32 Å². The lowest BCUT2D eigenvalue weighted by atomic mass is 9.96. The van der Waals surface area contributed by atoms with E-state index < -0.39 is 23.8 Å². The van der Waals surface area contributed by atoms with Gasteiger partial charge in [0, 0.05) is 0 Å². The fourth-order valence-corrected chi connectivity index (χ4v) is 2.32. The number of hydrogen-bond acceptors (Lipinski definition) is 2. The maximum atomic E-state index is 12.4. The van der Waals surface area contributed by atoms with Gasteiger partial charge in [-0.25, -0.2) is 0 Å². The molecule has 0 radical (unpaired) electrons. The zero-order chi connectivity index (χ0) is 14.0. The number of halogens is 4. The molecule has 0 unspecified atom stereocenters. The molecule has 20 heavy (non-hydrogen) atoms. The van der Waals surface area contributed by atoms with E-state index in [1.165, 1.54) is 12.1 Å². The maximum absolute atomic E-state index is 12.4. The summed E-state index contributed by atoms with van der Waals surface area (Å²) in [5, 5.41) is 11.7. The van der Waals surface area contributed by atoms with Crippen molar-refractivity contribution in [1.82, 2.24) is 5.32 Å². The number of alkyl halides is 3. The highest BCUT2D eigenvalue weighted by Gasteiger charge is 2.31. The summed E-state index contributed by atoms with van der Waals surface area (Å²) < 4.78 is 37.2. The Bertz CT molecular complexity index is 462. The highest BCUT2D eigenvalue weighted by Crippen LogP contribution is 2.29. The van der Waals surface area contributed by atoms with Crippen LogP contribution in [0, 0.1) is 5.92 Å². The molecule has 0 spiro atoms. The van der Waals surface area contributed by atoms with Crippen LogP contribution in [0.5, 0.6) is 0 Å². The Morgan fingerprint density at radius 2 is 1.90 bits per heavy atom. The van der Waals surface area contributed by atoms with Gasteiger partial charge in [0.1, 0.15) is 6.04 Å². The molecule has 7 heteroatoms. The molecule has 1 aromatic rings. The number of rotatable bonds is 3. The van der Waals surface area contributed by atoms with Crippen molar-refractivity contribution >= 4 is 18.4 Å². The van der Waals surface area contributed by atoms with E-state index in [1.807, 2.05) is 0 Å². The second-order valence-electron chi connectivity index (χ2n) is 4.80. The van der Waals surface area contributed by atoms with Gasteiger partial charge in [-0.05, 0) is 43.0 Å². The Kier molecular flexibility index (Phi) is 5.42. The molecule has 2 atom stereocenters. The average Bonchev–Trinajstić information content (AvgIpc) is 2.77. The second-order valence-corrected chi connectivity index (χ2v) is 4.80. The van der Waals surface area contributed by atoms with E-state index in [-0.39, 0.29) is 18.3 Å². The maximum Gasteiger partial charge on any atom is 0.416 e. The van der Waals surface area contributed by atoms with Crippen LogP contribution in [-0.2, 0) is 17.4 Å². The Balaban J connectivity index is 0.00000200. The first-order valence-electron chi connectivity index (χ1n) is 5.98. The van der Waals surface area contributed by atoms with Crippen LogP contribution < -0.4 is 5.32 Å². The third kappa shape index (κ3) is 4.11. The summed E-state index contributed by atoms with van der Waals surface area (Å²) in [6.45, 7) is 0.581. The SMILES string of the molecule is Cl.O=C(O)[C@@H]1C[C@@H](Cc2ccc(C(F)(F)F)cc2)CN1. The number of aliphatic carboxylic acids is 1. The predicted molar refractivity (Wildman–Crippen MR) is 69.9 cm³/mol. The van der Waals surface area contributed by atoms with Crippen LogP contribution in [0.15, 0.2) is 24.3 Å². The monoisotopic (exact) mass is 309 g/mol. The van der Waals surface area contributed by atoms with Gasteiger partial charge in [0.05, 0.1) is 5.56 Å². The highest BCUT2D eigenvalue weighted by atomic mass is 35.5. The molecule has 1 aromatic carbocycles. The van der Waals surface area contributed by atoms with E-state index in [9.17, 15) is 18.0 Å². The average molecular weight is 310 g/mol. The lowest BCUT2D eigenvalue weighted by molar-refractivity contribution is -0.139. The van der Waals surface area contributed by atoms with Crippen LogP contribution in [0.3, 0.4) is 0 Å². The quantitative estimate of drug-likeness (QED) is 0.902. The van der Waals surface area contributed by atoms with Crippen molar-refractivity contribution in [3.63, 3.8) is 0 Å². The fourth-order valence-electron chi connectivity index (χ4n) is 2.32. The summed E-state index contributed by atoms with van der Waals surface area (Å²) in [4.78, 5) is 10.8. The third-order valence-corrected chi connectivity index (χ3v) is 3.33. The first-order chi connectivity index (χ1) is 8.86. The van der Waals surface area contributed by atoms with Gasteiger partial charge < -0.3 is 10.4 Å². The first-order valence-corrected chi connectivity index (χ1v) is 5.98. The summed E-state index contributed by atoms with van der Waals surface area (Å²) in [7, 11) is 0. The normalized spacial score (nSPS) is 22.4. The molecule has 1 saturated heterocycles. The molecule has 1 aliphatic rings. The Morgan fingerprint density at radius 1 is 1.30 bits per heavy atom. The van der Waals surface area contributed by atoms with Gasteiger partial charge in [-0.15, -0.1) is 12.4 Å².